The minimum Gasteiger partial charge on any atom is -0.468 e. The number of rotatable bonds is 6. The molecular formula is C9H17N5O2S. The average Bonchev–Trinajstić information content (AvgIpc) is 2.68. The molecule has 0 aliphatic heterocycles. The maximum absolute atomic E-state index is 11.5. The Kier molecular flexibility index (Phi) is 5.36. The summed E-state index contributed by atoms with van der Waals surface area (Å²) < 4.78 is 6.30. The molecule has 1 rings (SSSR count). The van der Waals surface area contributed by atoms with E-state index in [4.69, 9.17) is 4.74 Å². The van der Waals surface area contributed by atoms with Gasteiger partial charge in [0.05, 0.1) is 7.11 Å². The predicted octanol–water partition coefficient (Wildman–Crippen LogP) is -0.158. The van der Waals surface area contributed by atoms with Gasteiger partial charge in [0.15, 0.2) is 0 Å². The van der Waals surface area contributed by atoms with Gasteiger partial charge in [0.25, 0.3) is 0 Å². The fourth-order valence-electron chi connectivity index (χ4n) is 1.23. The fraction of sp³-hybridized carbons (Fsp3) is 0.778. The summed E-state index contributed by atoms with van der Waals surface area (Å²) in [4.78, 5) is 11.5. The second kappa shape index (κ2) is 6.55. The number of nitrogens with zero attached hydrogens (tertiary/aromatic N) is 4. The molecule has 0 saturated heterocycles. The first-order chi connectivity index (χ1) is 8.04. The van der Waals surface area contributed by atoms with Gasteiger partial charge in [-0.3, -0.25) is 4.79 Å². The second-order valence-electron chi connectivity index (χ2n) is 3.79. The summed E-state index contributed by atoms with van der Waals surface area (Å²) in [5.41, 5.74) is 0. The van der Waals surface area contributed by atoms with Crippen molar-refractivity contribution in [2.75, 3.05) is 12.9 Å². The van der Waals surface area contributed by atoms with E-state index in [1.807, 2.05) is 13.8 Å². The smallest absolute Gasteiger partial charge is 0.323 e. The van der Waals surface area contributed by atoms with E-state index < -0.39 is 0 Å². The lowest BCUT2D eigenvalue weighted by Crippen LogP contribution is -2.43. The Morgan fingerprint density at radius 3 is 2.76 bits per heavy atom. The number of carbonyl (C=O) groups excluding carboxylic acids is 1. The number of hydrogen-bond donors (Lipinski definition) is 1. The molecule has 7 nitrogen and oxygen atoms in total. The molecule has 8 heteroatoms. The van der Waals surface area contributed by atoms with Gasteiger partial charge in [-0.15, -0.1) is 5.10 Å². The van der Waals surface area contributed by atoms with Crippen LogP contribution >= 0.6 is 11.8 Å². The highest BCUT2D eigenvalue weighted by atomic mass is 32.2. The molecule has 0 saturated carbocycles. The lowest BCUT2D eigenvalue weighted by atomic mass is 10.3. The van der Waals surface area contributed by atoms with Crippen molar-refractivity contribution in [3.63, 3.8) is 0 Å². The van der Waals surface area contributed by atoms with Crippen molar-refractivity contribution >= 4 is 17.7 Å². The molecule has 1 atom stereocenters. The maximum atomic E-state index is 11.5. The standard InChI is InChI=1S/C9H17N5O2S/c1-6(2)10-7(8(15)16-4)5-17-9-11-12-13-14(9)3/h6-7,10H,5H2,1-4H3. The van der Waals surface area contributed by atoms with Gasteiger partial charge < -0.3 is 10.1 Å². The summed E-state index contributed by atoms with van der Waals surface area (Å²) in [5.74, 6) is 0.250. The Balaban J connectivity index is 2.55. The first-order valence-electron chi connectivity index (χ1n) is 5.23. The Morgan fingerprint density at radius 1 is 1.59 bits per heavy atom. The van der Waals surface area contributed by atoms with Gasteiger partial charge in [-0.25, -0.2) is 4.68 Å². The molecule has 0 amide bonds. The zero-order chi connectivity index (χ0) is 12.8. The van der Waals surface area contributed by atoms with E-state index in [9.17, 15) is 4.79 Å². The van der Waals surface area contributed by atoms with Crippen LogP contribution < -0.4 is 5.32 Å². The Labute approximate surface area is 104 Å². The number of aryl methyl sites for hydroxylation is 1. The second-order valence-corrected chi connectivity index (χ2v) is 4.78. The lowest BCUT2D eigenvalue weighted by Gasteiger charge is -2.18. The van der Waals surface area contributed by atoms with Crippen molar-refractivity contribution in [2.45, 2.75) is 31.1 Å². The summed E-state index contributed by atoms with van der Waals surface area (Å²) in [6.07, 6.45) is 0. The minimum absolute atomic E-state index is 0.206. The molecule has 0 bridgehead atoms. The van der Waals surface area contributed by atoms with Gasteiger partial charge in [-0.1, -0.05) is 25.6 Å². The van der Waals surface area contributed by atoms with Crippen molar-refractivity contribution in [1.82, 2.24) is 25.5 Å². The highest BCUT2D eigenvalue weighted by molar-refractivity contribution is 7.99. The van der Waals surface area contributed by atoms with E-state index in [2.05, 4.69) is 20.8 Å². The molecule has 0 radical (unpaired) electrons. The Morgan fingerprint density at radius 2 is 2.29 bits per heavy atom. The summed E-state index contributed by atoms with van der Waals surface area (Å²) in [6, 6.07) is -0.154. The number of nitrogens with one attached hydrogen (secondary N) is 1. The van der Waals surface area contributed by atoms with Gasteiger partial charge in [0, 0.05) is 18.8 Å². The van der Waals surface area contributed by atoms with Crippen molar-refractivity contribution in [1.29, 1.82) is 0 Å². The van der Waals surface area contributed by atoms with E-state index in [1.54, 1.807) is 11.7 Å². The monoisotopic (exact) mass is 259 g/mol. The topological polar surface area (TPSA) is 81.9 Å². The van der Waals surface area contributed by atoms with Crippen LogP contribution in [-0.4, -0.2) is 51.1 Å². The van der Waals surface area contributed by atoms with Gasteiger partial charge in [0.1, 0.15) is 6.04 Å². The first kappa shape index (κ1) is 13.9. The largest absolute Gasteiger partial charge is 0.468 e. The average molecular weight is 259 g/mol. The van der Waals surface area contributed by atoms with E-state index in [1.165, 1.54) is 18.9 Å². The molecule has 0 aliphatic carbocycles. The number of methoxy groups -OCH3 is 1. The molecule has 1 unspecified atom stereocenters. The summed E-state index contributed by atoms with van der Waals surface area (Å²) in [6.45, 7) is 3.95. The van der Waals surface area contributed by atoms with E-state index >= 15 is 0 Å². The molecule has 0 spiro atoms. The third-order valence-electron chi connectivity index (χ3n) is 1.98. The Hall–Kier alpha value is -1.15. The lowest BCUT2D eigenvalue weighted by molar-refractivity contribution is -0.142. The molecule has 0 fully saturated rings. The summed E-state index contributed by atoms with van der Waals surface area (Å²) >= 11 is 1.41. The molecule has 1 heterocycles. The van der Waals surface area contributed by atoms with Crippen LogP contribution in [0.2, 0.25) is 0 Å². The van der Waals surface area contributed by atoms with Gasteiger partial charge in [-0.2, -0.15) is 0 Å². The number of tetrazole rings is 1. The SMILES string of the molecule is COC(=O)C(CSc1nnnn1C)NC(C)C. The quantitative estimate of drug-likeness (QED) is 0.561. The minimum atomic E-state index is -0.360. The zero-order valence-corrected chi connectivity index (χ0v) is 11.2. The molecular weight excluding hydrogens is 242 g/mol. The number of hydrogen-bond acceptors (Lipinski definition) is 7. The third kappa shape index (κ3) is 4.31. The van der Waals surface area contributed by atoms with E-state index in [0.717, 1.165) is 0 Å². The molecule has 17 heavy (non-hydrogen) atoms. The van der Waals surface area contributed by atoms with Crippen LogP contribution in [0.5, 0.6) is 0 Å². The number of esters is 1. The number of aromatic nitrogens is 4. The van der Waals surface area contributed by atoms with Crippen LogP contribution in [0.15, 0.2) is 5.16 Å². The van der Waals surface area contributed by atoms with Crippen LogP contribution in [0, 0.1) is 0 Å². The van der Waals surface area contributed by atoms with Crippen molar-refractivity contribution < 1.29 is 9.53 Å². The normalized spacial score (nSPS) is 12.8. The van der Waals surface area contributed by atoms with Crippen LogP contribution in [0.4, 0.5) is 0 Å². The molecule has 0 aliphatic rings. The molecule has 1 aromatic heterocycles. The molecule has 0 aromatic carbocycles. The summed E-state index contributed by atoms with van der Waals surface area (Å²) in [7, 11) is 3.14. The third-order valence-corrected chi connectivity index (χ3v) is 3.08. The van der Waals surface area contributed by atoms with Crippen LogP contribution in [0.25, 0.3) is 0 Å². The number of thioether (sulfide) groups is 1. The zero-order valence-electron chi connectivity index (χ0n) is 10.4. The van der Waals surface area contributed by atoms with Gasteiger partial charge >= 0.3 is 5.97 Å². The number of ether oxygens (including phenoxy) is 1. The van der Waals surface area contributed by atoms with Crippen LogP contribution in [0.1, 0.15) is 13.8 Å². The number of carbonyl (C=O) groups is 1. The van der Waals surface area contributed by atoms with Gasteiger partial charge in [-0.05, 0) is 10.4 Å². The first-order valence-corrected chi connectivity index (χ1v) is 6.22. The van der Waals surface area contributed by atoms with E-state index in [-0.39, 0.29) is 18.1 Å². The van der Waals surface area contributed by atoms with Gasteiger partial charge in [0.2, 0.25) is 5.16 Å². The van der Waals surface area contributed by atoms with Crippen LogP contribution in [-0.2, 0) is 16.6 Å². The maximum Gasteiger partial charge on any atom is 0.323 e. The van der Waals surface area contributed by atoms with Crippen molar-refractivity contribution in [3.8, 4) is 0 Å². The van der Waals surface area contributed by atoms with Crippen molar-refractivity contribution in [3.05, 3.63) is 0 Å². The van der Waals surface area contributed by atoms with Crippen molar-refractivity contribution in [2.24, 2.45) is 7.05 Å². The van der Waals surface area contributed by atoms with E-state index in [0.29, 0.717) is 10.9 Å². The Bertz CT molecular complexity index is 368. The molecule has 1 N–H and O–H groups in total. The highest BCUT2D eigenvalue weighted by Gasteiger charge is 2.21. The molecule has 96 valence electrons. The highest BCUT2D eigenvalue weighted by Crippen LogP contribution is 2.14. The van der Waals surface area contributed by atoms with Crippen LogP contribution in [0.3, 0.4) is 0 Å². The molecule has 1 aromatic rings. The predicted molar refractivity (Wildman–Crippen MR) is 63.6 cm³/mol. The fourth-order valence-corrected chi connectivity index (χ4v) is 2.10. The summed E-state index contributed by atoms with van der Waals surface area (Å²) in [5, 5.41) is 14.9.